The summed E-state index contributed by atoms with van der Waals surface area (Å²) in [5.74, 6) is -0.171. The third kappa shape index (κ3) is 2.66. The van der Waals surface area contributed by atoms with Crippen molar-refractivity contribution < 1.29 is 9.13 Å². The third-order valence-corrected chi connectivity index (χ3v) is 3.25. The maximum absolute atomic E-state index is 14.3. The van der Waals surface area contributed by atoms with Crippen LogP contribution in [0.1, 0.15) is 18.9 Å². The molecule has 0 aliphatic heterocycles. The molecule has 100 valence electrons. The topological polar surface area (TPSA) is 37.9 Å². The first-order valence-electron chi connectivity index (χ1n) is 6.08. The van der Waals surface area contributed by atoms with Crippen molar-refractivity contribution >= 4 is 12.2 Å². The molecular weight excluding hydrogens is 263 g/mol. The summed E-state index contributed by atoms with van der Waals surface area (Å²) in [5, 5.41) is 0. The Bertz CT molecular complexity index is 640. The molecule has 3 nitrogen and oxygen atoms in total. The Morgan fingerprint density at radius 3 is 2.89 bits per heavy atom. The van der Waals surface area contributed by atoms with Crippen LogP contribution in [-0.2, 0) is 6.42 Å². The van der Waals surface area contributed by atoms with E-state index in [0.717, 1.165) is 18.4 Å². The Hall–Kier alpha value is -1.75. The fraction of sp³-hybridized carbons (Fsp3) is 0.286. The van der Waals surface area contributed by atoms with Crippen LogP contribution in [0.15, 0.2) is 24.5 Å². The van der Waals surface area contributed by atoms with Gasteiger partial charge in [-0.05, 0) is 18.6 Å². The molecule has 19 heavy (non-hydrogen) atoms. The summed E-state index contributed by atoms with van der Waals surface area (Å²) in [6.45, 7) is 2.05. The molecule has 0 amide bonds. The number of aromatic nitrogens is 2. The highest BCUT2D eigenvalue weighted by Crippen LogP contribution is 2.30. The van der Waals surface area contributed by atoms with Gasteiger partial charge in [0.1, 0.15) is 4.64 Å². The van der Waals surface area contributed by atoms with Gasteiger partial charge in [0.25, 0.3) is 0 Å². The van der Waals surface area contributed by atoms with Gasteiger partial charge >= 0.3 is 0 Å². The highest BCUT2D eigenvalue weighted by atomic mass is 32.1. The normalized spacial score (nSPS) is 10.5. The second-order valence-corrected chi connectivity index (χ2v) is 4.52. The minimum absolute atomic E-state index is 0.219. The number of benzene rings is 1. The number of nitrogens with one attached hydrogen (secondary N) is 1. The first-order valence-corrected chi connectivity index (χ1v) is 6.49. The predicted octanol–water partition coefficient (Wildman–Crippen LogP) is 3.91. The number of ether oxygens (including phenoxy) is 1. The van der Waals surface area contributed by atoms with E-state index >= 15 is 0 Å². The number of H-pyrrole nitrogens is 1. The van der Waals surface area contributed by atoms with Crippen LogP contribution in [0.25, 0.3) is 11.3 Å². The Kier molecular flexibility index (Phi) is 4.27. The molecule has 1 heterocycles. The van der Waals surface area contributed by atoms with E-state index in [9.17, 15) is 4.39 Å². The number of rotatable bonds is 4. The summed E-state index contributed by atoms with van der Waals surface area (Å²) >= 11 is 5.22. The average Bonchev–Trinajstić information content (AvgIpc) is 2.42. The van der Waals surface area contributed by atoms with Crippen LogP contribution in [0.2, 0.25) is 0 Å². The summed E-state index contributed by atoms with van der Waals surface area (Å²) in [7, 11) is 1.45. The van der Waals surface area contributed by atoms with E-state index in [0.29, 0.717) is 15.9 Å². The van der Waals surface area contributed by atoms with Gasteiger partial charge in [0.15, 0.2) is 11.6 Å². The number of methoxy groups -OCH3 is 1. The minimum Gasteiger partial charge on any atom is -0.494 e. The predicted molar refractivity (Wildman–Crippen MR) is 75.4 cm³/mol. The molecule has 0 saturated carbocycles. The van der Waals surface area contributed by atoms with Crippen molar-refractivity contribution in [2.75, 3.05) is 7.11 Å². The van der Waals surface area contributed by atoms with Crippen LogP contribution >= 0.6 is 12.2 Å². The van der Waals surface area contributed by atoms with Crippen LogP contribution < -0.4 is 4.74 Å². The molecule has 0 atom stereocenters. The van der Waals surface area contributed by atoms with E-state index in [1.54, 1.807) is 18.2 Å². The molecule has 2 rings (SSSR count). The smallest absolute Gasteiger partial charge is 0.174 e. The first-order chi connectivity index (χ1) is 9.19. The largest absolute Gasteiger partial charge is 0.494 e. The summed E-state index contributed by atoms with van der Waals surface area (Å²) in [5.41, 5.74) is 2.00. The number of hydrogen-bond acceptors (Lipinski definition) is 3. The number of aromatic amines is 1. The third-order valence-electron chi connectivity index (χ3n) is 2.90. The van der Waals surface area contributed by atoms with Crippen LogP contribution in [0.3, 0.4) is 0 Å². The lowest BCUT2D eigenvalue weighted by Crippen LogP contribution is -1.99. The second-order valence-electron chi connectivity index (χ2n) is 4.13. The lowest BCUT2D eigenvalue weighted by molar-refractivity contribution is 0.387. The Labute approximate surface area is 116 Å². The zero-order chi connectivity index (χ0) is 13.8. The average molecular weight is 278 g/mol. The lowest BCUT2D eigenvalue weighted by Gasteiger charge is -2.11. The maximum Gasteiger partial charge on any atom is 0.174 e. The summed E-state index contributed by atoms with van der Waals surface area (Å²) in [4.78, 5) is 7.06. The molecule has 1 aromatic carbocycles. The highest BCUT2D eigenvalue weighted by Gasteiger charge is 2.14. The number of halogens is 1. The monoisotopic (exact) mass is 278 g/mol. The van der Waals surface area contributed by atoms with Crippen LogP contribution in [0.5, 0.6) is 5.75 Å². The fourth-order valence-corrected chi connectivity index (χ4v) is 2.27. The standard InChI is InChI=1S/C14H15FN2OS/c1-3-5-10-13(16-8-17-14(10)19)9-6-4-7-11(18-2)12(9)15/h4,6-8H,3,5H2,1-2H3,(H,16,17,19). The van der Waals surface area contributed by atoms with E-state index in [2.05, 4.69) is 9.97 Å². The minimum atomic E-state index is -0.390. The van der Waals surface area contributed by atoms with Gasteiger partial charge in [-0.2, -0.15) is 0 Å². The Morgan fingerprint density at radius 2 is 2.21 bits per heavy atom. The molecule has 0 bridgehead atoms. The summed E-state index contributed by atoms with van der Waals surface area (Å²) in [6, 6.07) is 5.05. The first kappa shape index (κ1) is 13.7. The lowest BCUT2D eigenvalue weighted by atomic mass is 10.0. The molecule has 1 aromatic heterocycles. The molecule has 5 heteroatoms. The molecule has 0 radical (unpaired) electrons. The maximum atomic E-state index is 14.3. The van der Waals surface area contributed by atoms with Gasteiger partial charge in [0, 0.05) is 11.1 Å². The highest BCUT2D eigenvalue weighted by molar-refractivity contribution is 7.71. The Morgan fingerprint density at radius 1 is 1.42 bits per heavy atom. The van der Waals surface area contributed by atoms with Crippen molar-refractivity contribution in [1.29, 1.82) is 0 Å². The quantitative estimate of drug-likeness (QED) is 0.862. The van der Waals surface area contributed by atoms with Gasteiger partial charge in [0.05, 0.1) is 19.1 Å². The molecule has 2 aromatic rings. The molecule has 0 saturated heterocycles. The Balaban J connectivity index is 2.65. The van der Waals surface area contributed by atoms with E-state index in [1.165, 1.54) is 13.4 Å². The van der Waals surface area contributed by atoms with Gasteiger partial charge in [-0.25, -0.2) is 9.37 Å². The fourth-order valence-electron chi connectivity index (χ4n) is 2.01. The molecule has 0 aliphatic carbocycles. The van der Waals surface area contributed by atoms with Gasteiger partial charge in [-0.3, -0.25) is 0 Å². The van der Waals surface area contributed by atoms with Crippen molar-refractivity contribution in [2.45, 2.75) is 19.8 Å². The molecule has 0 fully saturated rings. The van der Waals surface area contributed by atoms with Crippen LogP contribution in [-0.4, -0.2) is 17.1 Å². The van der Waals surface area contributed by atoms with E-state index in [1.807, 2.05) is 6.92 Å². The zero-order valence-corrected chi connectivity index (χ0v) is 11.7. The molecule has 0 aliphatic rings. The van der Waals surface area contributed by atoms with Crippen LogP contribution in [0.4, 0.5) is 4.39 Å². The van der Waals surface area contributed by atoms with Crippen molar-refractivity contribution in [1.82, 2.24) is 9.97 Å². The van der Waals surface area contributed by atoms with Gasteiger partial charge in [0.2, 0.25) is 0 Å². The molecular formula is C14H15FN2OS. The van der Waals surface area contributed by atoms with Crippen molar-refractivity contribution in [2.24, 2.45) is 0 Å². The van der Waals surface area contributed by atoms with E-state index in [-0.39, 0.29) is 11.6 Å². The summed E-state index contributed by atoms with van der Waals surface area (Å²) < 4.78 is 19.8. The zero-order valence-electron chi connectivity index (χ0n) is 10.9. The number of hydrogen-bond donors (Lipinski definition) is 1. The molecule has 0 unspecified atom stereocenters. The van der Waals surface area contributed by atoms with Gasteiger partial charge in [-0.1, -0.05) is 31.6 Å². The van der Waals surface area contributed by atoms with Crippen molar-refractivity contribution in [3.63, 3.8) is 0 Å². The van der Waals surface area contributed by atoms with Crippen molar-refractivity contribution in [3.05, 3.63) is 40.5 Å². The van der Waals surface area contributed by atoms with Gasteiger partial charge in [-0.15, -0.1) is 0 Å². The van der Waals surface area contributed by atoms with Crippen LogP contribution in [0, 0.1) is 10.5 Å². The van der Waals surface area contributed by atoms with Gasteiger partial charge < -0.3 is 9.72 Å². The van der Waals surface area contributed by atoms with E-state index < -0.39 is 0 Å². The van der Waals surface area contributed by atoms with E-state index in [4.69, 9.17) is 17.0 Å². The molecule has 1 N–H and O–H groups in total. The second kappa shape index (κ2) is 5.93. The van der Waals surface area contributed by atoms with Crippen molar-refractivity contribution in [3.8, 4) is 17.0 Å². The number of nitrogens with zero attached hydrogens (tertiary/aromatic N) is 1. The summed E-state index contributed by atoms with van der Waals surface area (Å²) in [6.07, 6.45) is 3.17. The SMILES string of the molecule is CCCc1c(-c2cccc(OC)c2F)[nH]cnc1=S. The molecule has 0 spiro atoms.